The van der Waals surface area contributed by atoms with Gasteiger partial charge in [0.05, 0.1) is 19.4 Å². The van der Waals surface area contributed by atoms with Crippen molar-refractivity contribution in [3.05, 3.63) is 66.2 Å². The average Bonchev–Trinajstić information content (AvgIpc) is 2.68. The topological polar surface area (TPSA) is 69.2 Å². The van der Waals surface area contributed by atoms with E-state index < -0.39 is 0 Å². The fourth-order valence-electron chi connectivity index (χ4n) is 2.23. The quantitative estimate of drug-likeness (QED) is 0.393. The summed E-state index contributed by atoms with van der Waals surface area (Å²) in [6.07, 6.45) is 3.21. The van der Waals surface area contributed by atoms with E-state index in [-0.39, 0.29) is 5.91 Å². The van der Waals surface area contributed by atoms with E-state index in [1.165, 1.54) is 0 Å². The van der Waals surface area contributed by atoms with Crippen LogP contribution in [0.3, 0.4) is 0 Å². The van der Waals surface area contributed by atoms with Gasteiger partial charge in [-0.2, -0.15) is 5.10 Å². The van der Waals surface area contributed by atoms with E-state index in [0.29, 0.717) is 36.9 Å². The summed E-state index contributed by atoms with van der Waals surface area (Å²) in [5.41, 5.74) is 3.78. The number of hydrogen-bond acceptors (Lipinski definition) is 5. The molecule has 0 saturated carbocycles. The summed E-state index contributed by atoms with van der Waals surface area (Å²) in [7, 11) is 0. The van der Waals surface area contributed by atoms with E-state index in [1.807, 2.05) is 38.1 Å². The minimum atomic E-state index is -0.339. The summed E-state index contributed by atoms with van der Waals surface area (Å²) in [5, 5.41) is 3.99. The number of nitrogens with zero attached hydrogens (tertiary/aromatic N) is 1. The van der Waals surface area contributed by atoms with Gasteiger partial charge in [0.25, 0.3) is 5.91 Å². The lowest BCUT2D eigenvalue weighted by Gasteiger charge is -2.12. The van der Waals surface area contributed by atoms with Gasteiger partial charge in [-0.05, 0) is 61.9 Å². The third-order valence-electron chi connectivity index (χ3n) is 3.43. The summed E-state index contributed by atoms with van der Waals surface area (Å²) in [6, 6.07) is 12.4. The zero-order valence-electron chi connectivity index (χ0n) is 15.6. The first-order chi connectivity index (χ1) is 13.2. The van der Waals surface area contributed by atoms with Crippen LogP contribution in [0, 0.1) is 0 Å². The number of nitrogens with one attached hydrogen (secondary N) is 1. The van der Waals surface area contributed by atoms with Crippen molar-refractivity contribution in [2.45, 2.75) is 13.8 Å². The molecule has 0 fully saturated rings. The Morgan fingerprint density at radius 2 is 1.78 bits per heavy atom. The Hall–Kier alpha value is -3.28. The van der Waals surface area contributed by atoms with Crippen molar-refractivity contribution >= 4 is 12.1 Å². The number of rotatable bonds is 10. The molecular formula is C21H24N2O4. The molecule has 0 atom stereocenters. The lowest BCUT2D eigenvalue weighted by Crippen LogP contribution is -2.17. The number of amides is 1. The molecule has 142 valence electrons. The highest BCUT2D eigenvalue weighted by molar-refractivity contribution is 5.95. The molecule has 0 radical (unpaired) electrons. The molecular weight excluding hydrogens is 344 g/mol. The fourth-order valence-corrected chi connectivity index (χ4v) is 2.23. The number of ether oxygens (including phenoxy) is 3. The first-order valence-electron chi connectivity index (χ1n) is 8.74. The minimum Gasteiger partial charge on any atom is -0.494 e. The molecule has 0 unspecified atom stereocenters. The van der Waals surface area contributed by atoms with Crippen LogP contribution >= 0.6 is 0 Å². The molecule has 1 amide bonds. The van der Waals surface area contributed by atoms with Gasteiger partial charge in [0.1, 0.15) is 12.4 Å². The monoisotopic (exact) mass is 368 g/mol. The Labute approximate surface area is 159 Å². The van der Waals surface area contributed by atoms with E-state index >= 15 is 0 Å². The fraction of sp³-hybridized carbons (Fsp3) is 0.238. The van der Waals surface area contributed by atoms with Crippen molar-refractivity contribution < 1.29 is 19.0 Å². The predicted molar refractivity (Wildman–Crippen MR) is 106 cm³/mol. The number of hydrogen-bond donors (Lipinski definition) is 1. The first-order valence-corrected chi connectivity index (χ1v) is 8.74. The van der Waals surface area contributed by atoms with Crippen molar-refractivity contribution in [2.24, 2.45) is 5.10 Å². The molecule has 6 heteroatoms. The Bertz CT molecular complexity index is 785. The Morgan fingerprint density at radius 1 is 1.04 bits per heavy atom. The summed E-state index contributed by atoms with van der Waals surface area (Å²) in [5.74, 6) is 1.52. The normalized spacial score (nSPS) is 10.4. The molecule has 27 heavy (non-hydrogen) atoms. The zero-order chi connectivity index (χ0) is 19.5. The standard InChI is InChI=1S/C21H24N2O4/c1-4-13-27-19-12-9-17(14-20(19)26-6-3)21(24)23-22-15-16-7-10-18(11-8-16)25-5-2/h4,7-12,14-15H,1,5-6,13H2,2-3H3,(H,23,24)/b22-15+. The van der Waals surface area contributed by atoms with Gasteiger partial charge in [0, 0.05) is 5.56 Å². The van der Waals surface area contributed by atoms with Crippen LogP contribution in [0.25, 0.3) is 0 Å². The number of carbonyl (C=O) groups is 1. The lowest BCUT2D eigenvalue weighted by molar-refractivity contribution is 0.0954. The molecule has 0 bridgehead atoms. The van der Waals surface area contributed by atoms with E-state index in [0.717, 1.165) is 11.3 Å². The molecule has 2 aromatic carbocycles. The molecule has 1 N–H and O–H groups in total. The smallest absolute Gasteiger partial charge is 0.271 e. The summed E-state index contributed by atoms with van der Waals surface area (Å²) in [4.78, 5) is 12.3. The van der Waals surface area contributed by atoms with Crippen molar-refractivity contribution in [1.29, 1.82) is 0 Å². The maximum Gasteiger partial charge on any atom is 0.271 e. The van der Waals surface area contributed by atoms with Crippen molar-refractivity contribution in [2.75, 3.05) is 19.8 Å². The molecule has 0 aliphatic rings. The molecule has 6 nitrogen and oxygen atoms in total. The molecule has 2 rings (SSSR count). The molecule has 0 spiro atoms. The molecule has 0 saturated heterocycles. The zero-order valence-corrected chi connectivity index (χ0v) is 15.6. The molecule has 0 aliphatic carbocycles. The molecule has 0 aliphatic heterocycles. The van der Waals surface area contributed by atoms with E-state index in [4.69, 9.17) is 14.2 Å². The summed E-state index contributed by atoms with van der Waals surface area (Å²) >= 11 is 0. The maximum absolute atomic E-state index is 12.3. The van der Waals surface area contributed by atoms with Crippen LogP contribution in [0.2, 0.25) is 0 Å². The van der Waals surface area contributed by atoms with E-state index in [2.05, 4.69) is 17.1 Å². The highest BCUT2D eigenvalue weighted by Crippen LogP contribution is 2.28. The number of benzene rings is 2. The largest absolute Gasteiger partial charge is 0.494 e. The second kappa shape index (κ2) is 10.7. The Kier molecular flexibility index (Phi) is 7.91. The highest BCUT2D eigenvalue weighted by atomic mass is 16.5. The van der Waals surface area contributed by atoms with Crippen LogP contribution in [-0.2, 0) is 0 Å². The van der Waals surface area contributed by atoms with Crippen LogP contribution in [0.15, 0.2) is 60.2 Å². The van der Waals surface area contributed by atoms with Crippen molar-refractivity contribution in [3.63, 3.8) is 0 Å². The molecule has 0 aromatic heterocycles. The van der Waals surface area contributed by atoms with Crippen molar-refractivity contribution in [1.82, 2.24) is 5.43 Å². The molecule has 0 heterocycles. The van der Waals surface area contributed by atoms with Crippen molar-refractivity contribution in [3.8, 4) is 17.2 Å². The Morgan fingerprint density at radius 3 is 2.44 bits per heavy atom. The van der Waals surface area contributed by atoms with Crippen LogP contribution in [0.5, 0.6) is 17.2 Å². The van der Waals surface area contributed by atoms with E-state index in [1.54, 1.807) is 30.5 Å². The van der Waals surface area contributed by atoms with E-state index in [9.17, 15) is 4.79 Å². The van der Waals surface area contributed by atoms with Gasteiger partial charge < -0.3 is 14.2 Å². The molecule has 2 aromatic rings. The second-order valence-corrected chi connectivity index (χ2v) is 5.40. The second-order valence-electron chi connectivity index (χ2n) is 5.40. The van der Waals surface area contributed by atoms with Crippen LogP contribution < -0.4 is 19.6 Å². The number of carbonyl (C=O) groups excluding carboxylic acids is 1. The Balaban J connectivity index is 2.01. The van der Waals surface area contributed by atoms with Crippen LogP contribution in [0.1, 0.15) is 29.8 Å². The van der Waals surface area contributed by atoms with Gasteiger partial charge in [0.2, 0.25) is 0 Å². The third kappa shape index (κ3) is 6.18. The maximum atomic E-state index is 12.3. The van der Waals surface area contributed by atoms with Gasteiger partial charge in [-0.3, -0.25) is 4.79 Å². The first kappa shape index (κ1) is 20.0. The lowest BCUT2D eigenvalue weighted by atomic mass is 10.2. The third-order valence-corrected chi connectivity index (χ3v) is 3.43. The highest BCUT2D eigenvalue weighted by Gasteiger charge is 2.11. The summed E-state index contributed by atoms with van der Waals surface area (Å²) in [6.45, 7) is 8.85. The van der Waals surface area contributed by atoms with Gasteiger partial charge in [-0.25, -0.2) is 5.43 Å². The van der Waals surface area contributed by atoms with Gasteiger partial charge in [-0.1, -0.05) is 12.7 Å². The SMILES string of the molecule is C=CCOc1ccc(C(=O)N/N=C/c2ccc(OCC)cc2)cc1OCC. The average molecular weight is 368 g/mol. The minimum absolute atomic E-state index is 0.339. The van der Waals surface area contributed by atoms with Gasteiger partial charge in [-0.15, -0.1) is 0 Å². The summed E-state index contributed by atoms with van der Waals surface area (Å²) < 4.78 is 16.4. The van der Waals surface area contributed by atoms with Gasteiger partial charge >= 0.3 is 0 Å². The van der Waals surface area contributed by atoms with Crippen LogP contribution in [-0.4, -0.2) is 31.9 Å². The van der Waals surface area contributed by atoms with Gasteiger partial charge in [0.15, 0.2) is 11.5 Å². The number of hydrazone groups is 1. The van der Waals surface area contributed by atoms with Crippen LogP contribution in [0.4, 0.5) is 0 Å². The predicted octanol–water partition coefficient (Wildman–Crippen LogP) is 3.81.